The summed E-state index contributed by atoms with van der Waals surface area (Å²) in [6, 6.07) is 2.65. The summed E-state index contributed by atoms with van der Waals surface area (Å²) in [4.78, 5) is 38.6. The lowest BCUT2D eigenvalue weighted by atomic mass is 9.94. The Morgan fingerprint density at radius 1 is 1.04 bits per heavy atom. The number of aromatic hydroxyl groups is 1. The quantitative estimate of drug-likeness (QED) is 0.491. The van der Waals surface area contributed by atoms with Crippen molar-refractivity contribution in [1.29, 1.82) is 0 Å². The van der Waals surface area contributed by atoms with Gasteiger partial charge in [-0.3, -0.25) is 14.5 Å². The molecule has 0 heterocycles. The van der Waals surface area contributed by atoms with Crippen molar-refractivity contribution in [2.24, 2.45) is 23.3 Å². The highest BCUT2D eigenvalue weighted by molar-refractivity contribution is 6.03. The van der Waals surface area contributed by atoms with Crippen molar-refractivity contribution in [3.05, 3.63) is 29.8 Å². The minimum absolute atomic E-state index is 0.0751. The SMILES string of the molecule is CCC(C)C(C(=O)O)N(C(=O)C(N)Cc1ccc(O)cc1)C(=O)C(N)C(C)C. The van der Waals surface area contributed by atoms with Gasteiger partial charge in [-0.2, -0.15) is 0 Å². The molecule has 0 aliphatic carbocycles. The highest BCUT2D eigenvalue weighted by Gasteiger charge is 2.41. The van der Waals surface area contributed by atoms with Gasteiger partial charge in [0.25, 0.3) is 0 Å². The van der Waals surface area contributed by atoms with Crippen molar-refractivity contribution in [1.82, 2.24) is 4.90 Å². The van der Waals surface area contributed by atoms with Gasteiger partial charge in [0.05, 0.1) is 12.1 Å². The summed E-state index contributed by atoms with van der Waals surface area (Å²) in [5.74, 6) is -3.46. The third kappa shape index (κ3) is 5.77. The lowest BCUT2D eigenvalue weighted by Gasteiger charge is -2.34. The number of carbonyl (C=O) groups excluding carboxylic acids is 2. The normalized spacial score (nSPS) is 15.5. The minimum atomic E-state index is -1.35. The Bertz CT molecular complexity index is 690. The summed E-state index contributed by atoms with van der Waals surface area (Å²) >= 11 is 0. The monoisotopic (exact) mass is 393 g/mol. The van der Waals surface area contributed by atoms with Crippen molar-refractivity contribution in [2.75, 3.05) is 0 Å². The molecule has 6 N–H and O–H groups in total. The van der Waals surface area contributed by atoms with Gasteiger partial charge in [-0.1, -0.05) is 46.2 Å². The first-order chi connectivity index (χ1) is 13.0. The van der Waals surface area contributed by atoms with Crippen LogP contribution in [0.2, 0.25) is 0 Å². The van der Waals surface area contributed by atoms with E-state index in [1.807, 2.05) is 0 Å². The molecule has 0 bridgehead atoms. The van der Waals surface area contributed by atoms with E-state index in [2.05, 4.69) is 0 Å². The van der Waals surface area contributed by atoms with Crippen LogP contribution in [-0.2, 0) is 20.8 Å². The number of imide groups is 1. The van der Waals surface area contributed by atoms with E-state index in [1.54, 1.807) is 39.8 Å². The molecular weight excluding hydrogens is 362 g/mol. The largest absolute Gasteiger partial charge is 0.508 e. The Morgan fingerprint density at radius 2 is 1.57 bits per heavy atom. The number of hydrogen-bond acceptors (Lipinski definition) is 6. The molecule has 1 aromatic rings. The van der Waals surface area contributed by atoms with Crippen molar-refractivity contribution in [3.63, 3.8) is 0 Å². The first-order valence-electron chi connectivity index (χ1n) is 9.39. The molecule has 0 saturated heterocycles. The Morgan fingerprint density at radius 3 is 2.00 bits per heavy atom. The maximum absolute atomic E-state index is 13.1. The summed E-state index contributed by atoms with van der Waals surface area (Å²) in [6.45, 7) is 6.90. The predicted molar refractivity (Wildman–Crippen MR) is 105 cm³/mol. The molecule has 1 rings (SSSR count). The van der Waals surface area contributed by atoms with E-state index in [9.17, 15) is 24.6 Å². The molecule has 0 aromatic heterocycles. The molecule has 0 radical (unpaired) electrons. The van der Waals surface area contributed by atoms with Crippen molar-refractivity contribution in [3.8, 4) is 5.75 Å². The number of nitrogens with two attached hydrogens (primary N) is 2. The number of rotatable bonds is 9. The molecule has 0 aliphatic heterocycles. The zero-order valence-corrected chi connectivity index (χ0v) is 16.8. The number of benzene rings is 1. The molecule has 0 aliphatic rings. The highest BCUT2D eigenvalue weighted by Crippen LogP contribution is 2.20. The van der Waals surface area contributed by atoms with Gasteiger partial charge < -0.3 is 21.7 Å². The van der Waals surface area contributed by atoms with Crippen LogP contribution in [0.3, 0.4) is 0 Å². The average molecular weight is 393 g/mol. The molecule has 4 unspecified atom stereocenters. The van der Waals surface area contributed by atoms with Crippen molar-refractivity contribution >= 4 is 17.8 Å². The van der Waals surface area contributed by atoms with Gasteiger partial charge >= 0.3 is 5.97 Å². The van der Waals surface area contributed by atoms with Gasteiger partial charge in [-0.05, 0) is 36.0 Å². The third-order valence-corrected chi connectivity index (χ3v) is 4.90. The van der Waals surface area contributed by atoms with E-state index < -0.39 is 41.8 Å². The molecule has 1 aromatic carbocycles. The maximum Gasteiger partial charge on any atom is 0.327 e. The minimum Gasteiger partial charge on any atom is -0.508 e. The van der Waals surface area contributed by atoms with Gasteiger partial charge in [0.1, 0.15) is 11.8 Å². The van der Waals surface area contributed by atoms with Gasteiger partial charge in [0, 0.05) is 0 Å². The fraction of sp³-hybridized carbons (Fsp3) is 0.550. The van der Waals surface area contributed by atoms with Crippen LogP contribution in [0.1, 0.15) is 39.7 Å². The van der Waals surface area contributed by atoms with Crippen LogP contribution < -0.4 is 11.5 Å². The molecule has 0 saturated carbocycles. The molecule has 4 atom stereocenters. The van der Waals surface area contributed by atoms with Crippen LogP contribution in [-0.4, -0.2) is 51.0 Å². The standard InChI is InChI=1S/C20H31N3O5/c1-5-12(4)17(20(27)28)23(19(26)16(22)11(2)3)18(25)15(21)10-13-6-8-14(24)9-7-13/h6-9,11-12,15-17,24H,5,10,21-22H2,1-4H3,(H,27,28). The van der Waals surface area contributed by atoms with E-state index >= 15 is 0 Å². The fourth-order valence-electron chi connectivity index (χ4n) is 2.81. The van der Waals surface area contributed by atoms with Crippen molar-refractivity contribution in [2.45, 2.75) is 58.7 Å². The summed E-state index contributed by atoms with van der Waals surface area (Å²) in [5.41, 5.74) is 12.7. The van der Waals surface area contributed by atoms with Gasteiger partial charge in [-0.15, -0.1) is 0 Å². The lowest BCUT2D eigenvalue weighted by molar-refractivity contribution is -0.162. The maximum atomic E-state index is 13.1. The molecule has 156 valence electrons. The summed E-state index contributed by atoms with van der Waals surface area (Å²) < 4.78 is 0. The van der Waals surface area contributed by atoms with Crippen molar-refractivity contribution < 1.29 is 24.6 Å². The Labute approximate surface area is 165 Å². The van der Waals surface area contributed by atoms with Gasteiger partial charge in [0.2, 0.25) is 11.8 Å². The number of aliphatic carboxylic acids is 1. The van der Waals surface area contributed by atoms with Crippen LogP contribution >= 0.6 is 0 Å². The molecule has 8 nitrogen and oxygen atoms in total. The second-order valence-electron chi connectivity index (χ2n) is 7.46. The smallest absolute Gasteiger partial charge is 0.327 e. The van der Waals surface area contributed by atoms with Gasteiger partial charge in [0.15, 0.2) is 0 Å². The van der Waals surface area contributed by atoms with E-state index in [4.69, 9.17) is 11.5 Å². The zero-order valence-electron chi connectivity index (χ0n) is 16.8. The molecule has 0 fully saturated rings. The van der Waals surface area contributed by atoms with Crippen LogP contribution in [0.4, 0.5) is 0 Å². The number of amides is 2. The van der Waals surface area contributed by atoms with Crippen LogP contribution in [0, 0.1) is 11.8 Å². The fourth-order valence-corrected chi connectivity index (χ4v) is 2.81. The topological polar surface area (TPSA) is 147 Å². The average Bonchev–Trinajstić information content (AvgIpc) is 2.64. The molecule has 8 heteroatoms. The Hall–Kier alpha value is -2.45. The number of phenolic OH excluding ortho intramolecular Hbond substituents is 1. The highest BCUT2D eigenvalue weighted by atomic mass is 16.4. The third-order valence-electron chi connectivity index (χ3n) is 4.90. The Kier molecular flexibility index (Phi) is 8.59. The van der Waals surface area contributed by atoms with Crippen LogP contribution in [0.15, 0.2) is 24.3 Å². The number of hydrogen-bond donors (Lipinski definition) is 4. The first kappa shape index (κ1) is 23.6. The number of carboxylic acid groups (broad SMARTS) is 1. The molecular formula is C20H31N3O5. The van der Waals surface area contributed by atoms with Crippen LogP contribution in [0.25, 0.3) is 0 Å². The second kappa shape index (κ2) is 10.2. The number of carboxylic acids is 1. The number of phenols is 1. The van der Waals surface area contributed by atoms with Gasteiger partial charge in [-0.25, -0.2) is 4.79 Å². The molecule has 2 amide bonds. The second-order valence-corrected chi connectivity index (χ2v) is 7.46. The predicted octanol–water partition coefficient (Wildman–Crippen LogP) is 1.10. The number of carbonyl (C=O) groups is 3. The van der Waals surface area contributed by atoms with Crippen LogP contribution in [0.5, 0.6) is 5.75 Å². The van der Waals surface area contributed by atoms with E-state index in [0.717, 1.165) is 4.90 Å². The summed E-state index contributed by atoms with van der Waals surface area (Å²) in [5, 5.41) is 19.1. The zero-order chi connectivity index (χ0) is 21.6. The van der Waals surface area contributed by atoms with E-state index in [1.165, 1.54) is 12.1 Å². The Balaban J connectivity index is 3.23. The number of nitrogens with zero attached hydrogens (tertiary/aromatic N) is 1. The lowest BCUT2D eigenvalue weighted by Crippen LogP contribution is -2.61. The van der Waals surface area contributed by atoms with E-state index in [0.29, 0.717) is 12.0 Å². The first-order valence-corrected chi connectivity index (χ1v) is 9.39. The van der Waals surface area contributed by atoms with E-state index in [-0.39, 0.29) is 18.1 Å². The summed E-state index contributed by atoms with van der Waals surface area (Å²) in [7, 11) is 0. The molecule has 0 spiro atoms. The summed E-state index contributed by atoms with van der Waals surface area (Å²) in [6.07, 6.45) is 0.546. The molecule has 28 heavy (non-hydrogen) atoms.